The smallest absolute Gasteiger partial charge is 0.231 e. The molecule has 2 aromatic carbocycles. The van der Waals surface area contributed by atoms with E-state index in [2.05, 4.69) is 16.0 Å². The van der Waals surface area contributed by atoms with Crippen LogP contribution in [0.25, 0.3) is 22.2 Å². The summed E-state index contributed by atoms with van der Waals surface area (Å²) in [5.41, 5.74) is 11.8. The van der Waals surface area contributed by atoms with E-state index in [-0.39, 0.29) is 12.3 Å². The highest BCUT2D eigenvalue weighted by Crippen LogP contribution is 2.37. The fraction of sp³-hybridized carbons (Fsp3) is 0.174. The molecule has 1 aliphatic rings. The Morgan fingerprint density at radius 2 is 1.90 bits per heavy atom. The molecule has 0 saturated heterocycles. The lowest BCUT2D eigenvalue weighted by Gasteiger charge is -2.18. The van der Waals surface area contributed by atoms with Crippen molar-refractivity contribution in [2.24, 2.45) is 7.05 Å². The number of benzene rings is 2. The Balaban J connectivity index is 1.46. The maximum atomic E-state index is 13.0. The molecule has 0 spiro atoms. The van der Waals surface area contributed by atoms with Crippen molar-refractivity contribution in [2.45, 2.75) is 12.8 Å². The molecule has 2 aromatic heterocycles. The highest BCUT2D eigenvalue weighted by molar-refractivity contribution is 6.34. The van der Waals surface area contributed by atoms with Crippen molar-refractivity contribution in [1.29, 1.82) is 0 Å². The van der Waals surface area contributed by atoms with Crippen LogP contribution in [0, 0.1) is 0 Å². The van der Waals surface area contributed by atoms with Gasteiger partial charge in [-0.1, -0.05) is 29.3 Å². The monoisotopic (exact) mass is 451 g/mol. The van der Waals surface area contributed by atoms with E-state index >= 15 is 0 Å². The number of halogens is 2. The van der Waals surface area contributed by atoms with Crippen molar-refractivity contribution < 1.29 is 4.79 Å². The van der Waals surface area contributed by atoms with Crippen molar-refractivity contribution in [3.8, 4) is 11.1 Å². The minimum Gasteiger partial charge on any atom is -0.383 e. The first-order chi connectivity index (χ1) is 14.9. The molecule has 0 saturated carbocycles. The van der Waals surface area contributed by atoms with Gasteiger partial charge in [-0.15, -0.1) is 0 Å². The molecule has 1 aliphatic heterocycles. The number of nitrogen functional groups attached to an aromatic ring is 1. The number of nitrogens with two attached hydrogens (primary N) is 1. The average molecular weight is 452 g/mol. The van der Waals surface area contributed by atoms with E-state index in [1.54, 1.807) is 18.2 Å². The van der Waals surface area contributed by atoms with Crippen LogP contribution in [0.1, 0.15) is 11.1 Å². The number of hydrogen-bond donors (Lipinski definition) is 1. The standard InChI is InChI=1S/C23H19Cl2N5O/c1-29-11-18(21-22(26)27-12-28-23(21)29)14-2-3-19-15(9-14)4-5-30(19)20(31)8-13-6-16(24)10-17(25)7-13/h2-3,6-7,9-12H,4-5,8H2,1H3,(H2,26,27,28). The predicted octanol–water partition coefficient (Wildman–Crippen LogP) is 4.66. The van der Waals surface area contributed by atoms with E-state index in [9.17, 15) is 4.79 Å². The number of fused-ring (bicyclic) bond motifs is 2. The maximum absolute atomic E-state index is 13.0. The molecule has 1 amide bonds. The fourth-order valence-electron chi connectivity index (χ4n) is 4.26. The van der Waals surface area contributed by atoms with Gasteiger partial charge < -0.3 is 15.2 Å². The SMILES string of the molecule is Cn1cc(-c2ccc3c(c2)CCN3C(=O)Cc2cc(Cl)cc(Cl)c2)c2c(N)ncnc21. The van der Waals surface area contributed by atoms with Crippen LogP contribution in [0.2, 0.25) is 10.0 Å². The van der Waals surface area contributed by atoms with Gasteiger partial charge in [0.05, 0.1) is 11.8 Å². The number of amides is 1. The van der Waals surface area contributed by atoms with Crippen LogP contribution in [-0.4, -0.2) is 27.0 Å². The van der Waals surface area contributed by atoms with Crippen LogP contribution >= 0.6 is 23.2 Å². The van der Waals surface area contributed by atoms with Crippen molar-refractivity contribution in [3.05, 3.63) is 70.1 Å². The third-order valence-electron chi connectivity index (χ3n) is 5.65. The summed E-state index contributed by atoms with van der Waals surface area (Å²) >= 11 is 12.2. The summed E-state index contributed by atoms with van der Waals surface area (Å²) < 4.78 is 1.95. The zero-order valence-electron chi connectivity index (χ0n) is 16.8. The molecule has 31 heavy (non-hydrogen) atoms. The molecule has 8 heteroatoms. The zero-order valence-corrected chi connectivity index (χ0v) is 18.3. The first kappa shape index (κ1) is 19.8. The number of anilines is 2. The van der Waals surface area contributed by atoms with E-state index < -0.39 is 0 Å². The van der Waals surface area contributed by atoms with Gasteiger partial charge in [0.1, 0.15) is 17.8 Å². The second kappa shape index (κ2) is 7.55. The Kier molecular flexibility index (Phi) is 4.84. The molecule has 0 bridgehead atoms. The van der Waals surface area contributed by atoms with Gasteiger partial charge in [-0.05, 0) is 53.4 Å². The highest BCUT2D eigenvalue weighted by atomic mass is 35.5. The average Bonchev–Trinajstić information content (AvgIpc) is 3.29. The number of aryl methyl sites for hydroxylation is 1. The van der Waals surface area contributed by atoms with Crippen molar-refractivity contribution in [3.63, 3.8) is 0 Å². The zero-order chi connectivity index (χ0) is 21.7. The van der Waals surface area contributed by atoms with E-state index in [1.165, 1.54) is 6.33 Å². The number of nitrogens with zero attached hydrogens (tertiary/aromatic N) is 4. The summed E-state index contributed by atoms with van der Waals surface area (Å²) in [6, 6.07) is 11.4. The minimum absolute atomic E-state index is 0.0210. The van der Waals surface area contributed by atoms with Crippen LogP contribution in [0.3, 0.4) is 0 Å². The minimum atomic E-state index is 0.0210. The molecule has 2 N–H and O–H groups in total. The number of rotatable bonds is 3. The molecule has 156 valence electrons. The normalized spacial score (nSPS) is 13.1. The quantitative estimate of drug-likeness (QED) is 0.491. The number of carbonyl (C=O) groups is 1. The van der Waals surface area contributed by atoms with E-state index in [4.69, 9.17) is 28.9 Å². The van der Waals surface area contributed by atoms with Crippen molar-refractivity contribution >= 4 is 51.6 Å². The molecule has 0 unspecified atom stereocenters. The summed E-state index contributed by atoms with van der Waals surface area (Å²) in [5.74, 6) is 0.478. The highest BCUT2D eigenvalue weighted by Gasteiger charge is 2.26. The van der Waals surface area contributed by atoms with Gasteiger partial charge in [0.25, 0.3) is 0 Å². The second-order valence-corrected chi connectivity index (χ2v) is 8.58. The summed E-state index contributed by atoms with van der Waals surface area (Å²) in [6.07, 6.45) is 4.53. The summed E-state index contributed by atoms with van der Waals surface area (Å²) in [5, 5.41) is 1.90. The lowest BCUT2D eigenvalue weighted by molar-refractivity contribution is -0.117. The first-order valence-corrected chi connectivity index (χ1v) is 10.6. The third-order valence-corrected chi connectivity index (χ3v) is 6.08. The molecule has 0 radical (unpaired) electrons. The Bertz CT molecular complexity index is 1330. The van der Waals surface area contributed by atoms with Gasteiger partial charge in [0.2, 0.25) is 5.91 Å². The second-order valence-electron chi connectivity index (χ2n) is 7.70. The Labute approximate surface area is 189 Å². The Hall–Kier alpha value is -3.09. The molecule has 0 atom stereocenters. The van der Waals surface area contributed by atoms with Gasteiger partial charge in [-0.2, -0.15) is 0 Å². The van der Waals surface area contributed by atoms with Gasteiger partial charge in [-0.25, -0.2) is 9.97 Å². The molecular weight excluding hydrogens is 433 g/mol. The van der Waals surface area contributed by atoms with Crippen LogP contribution in [0.5, 0.6) is 0 Å². The van der Waals surface area contributed by atoms with Gasteiger partial charge >= 0.3 is 0 Å². The molecule has 0 fully saturated rings. The Morgan fingerprint density at radius 3 is 2.68 bits per heavy atom. The fourth-order valence-corrected chi connectivity index (χ4v) is 4.84. The number of aromatic nitrogens is 3. The van der Waals surface area contributed by atoms with Crippen LogP contribution in [-0.2, 0) is 24.7 Å². The summed E-state index contributed by atoms with van der Waals surface area (Å²) in [7, 11) is 1.94. The summed E-state index contributed by atoms with van der Waals surface area (Å²) in [4.78, 5) is 23.3. The van der Waals surface area contributed by atoms with Gasteiger partial charge in [0, 0.05) is 41.1 Å². The van der Waals surface area contributed by atoms with Crippen LogP contribution < -0.4 is 10.6 Å². The van der Waals surface area contributed by atoms with Crippen LogP contribution in [0.15, 0.2) is 48.9 Å². The predicted molar refractivity (Wildman–Crippen MR) is 125 cm³/mol. The van der Waals surface area contributed by atoms with Gasteiger partial charge in [0.15, 0.2) is 0 Å². The van der Waals surface area contributed by atoms with E-state index in [1.807, 2.05) is 34.8 Å². The molecule has 4 aromatic rings. The Morgan fingerprint density at radius 1 is 1.13 bits per heavy atom. The van der Waals surface area contributed by atoms with E-state index in [0.717, 1.165) is 45.4 Å². The van der Waals surface area contributed by atoms with E-state index in [0.29, 0.717) is 22.4 Å². The topological polar surface area (TPSA) is 77.0 Å². The summed E-state index contributed by atoms with van der Waals surface area (Å²) in [6.45, 7) is 0.646. The maximum Gasteiger partial charge on any atom is 0.231 e. The molecular formula is C23H19Cl2N5O. The number of carbonyl (C=O) groups excluding carboxylic acids is 1. The molecule has 5 rings (SSSR count). The molecule has 6 nitrogen and oxygen atoms in total. The third kappa shape index (κ3) is 3.52. The lowest BCUT2D eigenvalue weighted by atomic mass is 10.0. The van der Waals surface area contributed by atoms with Crippen molar-refractivity contribution in [2.75, 3.05) is 17.2 Å². The molecule has 0 aliphatic carbocycles. The number of hydrogen-bond acceptors (Lipinski definition) is 4. The lowest BCUT2D eigenvalue weighted by Crippen LogP contribution is -2.30. The van der Waals surface area contributed by atoms with Crippen LogP contribution in [0.4, 0.5) is 11.5 Å². The van der Waals surface area contributed by atoms with Gasteiger partial charge in [-0.3, -0.25) is 4.79 Å². The first-order valence-electron chi connectivity index (χ1n) is 9.85. The largest absolute Gasteiger partial charge is 0.383 e. The molecule has 3 heterocycles. The van der Waals surface area contributed by atoms with Crippen molar-refractivity contribution in [1.82, 2.24) is 14.5 Å².